The highest BCUT2D eigenvalue weighted by Gasteiger charge is 2.19. The van der Waals surface area contributed by atoms with Crippen LogP contribution in [-0.4, -0.2) is 4.98 Å². The Labute approximate surface area is 321 Å². The molecule has 0 saturated carbocycles. The average Bonchev–Trinajstić information content (AvgIpc) is 3.25. The summed E-state index contributed by atoms with van der Waals surface area (Å²) >= 11 is 0. The van der Waals surface area contributed by atoms with Crippen molar-refractivity contribution >= 4 is 59.9 Å². The van der Waals surface area contributed by atoms with E-state index in [2.05, 4.69) is 201 Å². The van der Waals surface area contributed by atoms with Gasteiger partial charge in [0.05, 0.1) is 0 Å². The number of hydrogen-bond acceptors (Lipinski definition) is 1. The quantitative estimate of drug-likeness (QED) is 0.124. The maximum Gasteiger partial charge on any atom is 0.0347 e. The van der Waals surface area contributed by atoms with Crippen molar-refractivity contribution in [2.24, 2.45) is 0 Å². The number of pyridine rings is 1. The van der Waals surface area contributed by atoms with Gasteiger partial charge in [0.1, 0.15) is 0 Å². The van der Waals surface area contributed by atoms with Crippen LogP contribution in [0.5, 0.6) is 0 Å². The molecular weight excluding hydrogens is 663 g/mol. The lowest BCUT2D eigenvalue weighted by Gasteiger charge is -2.19. The number of allylic oxidation sites excluding steroid dienone is 3. The van der Waals surface area contributed by atoms with Crippen LogP contribution < -0.4 is 0 Å². The third-order valence-corrected chi connectivity index (χ3v) is 11.0. The molecule has 0 unspecified atom stereocenters. The summed E-state index contributed by atoms with van der Waals surface area (Å²) < 4.78 is 0. The molecule has 0 aliphatic heterocycles. The van der Waals surface area contributed by atoms with Gasteiger partial charge in [-0.15, -0.1) is 0 Å². The van der Waals surface area contributed by atoms with Crippen LogP contribution in [0.2, 0.25) is 0 Å². The molecule has 0 aliphatic carbocycles. The molecule has 10 rings (SSSR count). The van der Waals surface area contributed by atoms with Crippen LogP contribution in [0.25, 0.3) is 104 Å². The van der Waals surface area contributed by atoms with Crippen molar-refractivity contribution in [2.45, 2.75) is 6.92 Å². The van der Waals surface area contributed by atoms with E-state index in [1.165, 1.54) is 87.2 Å². The second kappa shape index (κ2) is 13.7. The van der Waals surface area contributed by atoms with Gasteiger partial charge in [0.25, 0.3) is 0 Å². The van der Waals surface area contributed by atoms with E-state index in [0.29, 0.717) is 0 Å². The Balaban J connectivity index is 1.21. The highest BCUT2D eigenvalue weighted by Crippen LogP contribution is 2.46. The summed E-state index contributed by atoms with van der Waals surface area (Å²) in [5.74, 6) is 0. The first kappa shape index (κ1) is 32.6. The fourth-order valence-electron chi connectivity index (χ4n) is 8.53. The first-order chi connectivity index (χ1) is 27.2. The van der Waals surface area contributed by atoms with Crippen molar-refractivity contribution in [1.82, 2.24) is 4.98 Å². The molecule has 0 saturated heterocycles. The number of benzene rings is 9. The summed E-state index contributed by atoms with van der Waals surface area (Å²) in [6.45, 7) is 2.06. The fourth-order valence-corrected chi connectivity index (χ4v) is 8.53. The lowest BCUT2D eigenvalue weighted by atomic mass is 9.84. The summed E-state index contributed by atoms with van der Waals surface area (Å²) in [7, 11) is 0. The molecule has 0 N–H and O–H groups in total. The fraction of sp³-hybridized carbons (Fsp3) is 0.0185. The van der Waals surface area contributed by atoms with Crippen molar-refractivity contribution in [3.8, 4) is 44.5 Å². The van der Waals surface area contributed by atoms with Gasteiger partial charge in [-0.1, -0.05) is 170 Å². The van der Waals surface area contributed by atoms with Gasteiger partial charge in [-0.3, -0.25) is 4.98 Å². The lowest BCUT2D eigenvalue weighted by Crippen LogP contribution is -1.94. The molecule has 258 valence electrons. The maximum absolute atomic E-state index is 4.99. The van der Waals surface area contributed by atoms with Crippen LogP contribution in [0.1, 0.15) is 12.5 Å². The van der Waals surface area contributed by atoms with Gasteiger partial charge in [-0.25, -0.2) is 0 Å². The van der Waals surface area contributed by atoms with Gasteiger partial charge in [-0.2, -0.15) is 0 Å². The average molecular weight is 700 g/mol. The molecule has 0 fully saturated rings. The molecule has 9 aromatic carbocycles. The topological polar surface area (TPSA) is 12.9 Å². The van der Waals surface area contributed by atoms with Crippen molar-refractivity contribution < 1.29 is 0 Å². The number of fused-ring (bicyclic) bond motifs is 5. The van der Waals surface area contributed by atoms with Gasteiger partial charge in [0.2, 0.25) is 0 Å². The number of aromatic nitrogens is 1. The minimum atomic E-state index is 1.09. The predicted molar refractivity (Wildman–Crippen MR) is 237 cm³/mol. The molecule has 0 radical (unpaired) electrons. The first-order valence-electron chi connectivity index (χ1n) is 19.0. The Bertz CT molecular complexity index is 3110. The molecule has 0 atom stereocenters. The summed E-state index contributed by atoms with van der Waals surface area (Å²) in [5, 5.41) is 12.3. The molecule has 0 amide bonds. The minimum Gasteiger partial charge on any atom is -0.263 e. The van der Waals surface area contributed by atoms with E-state index in [4.69, 9.17) is 4.98 Å². The Hall–Kier alpha value is -7.09. The monoisotopic (exact) mass is 699 g/mol. The van der Waals surface area contributed by atoms with Gasteiger partial charge < -0.3 is 0 Å². The van der Waals surface area contributed by atoms with Crippen LogP contribution in [0, 0.1) is 0 Å². The van der Waals surface area contributed by atoms with Crippen molar-refractivity contribution in [2.75, 3.05) is 0 Å². The van der Waals surface area contributed by atoms with Crippen LogP contribution in [0.15, 0.2) is 200 Å². The third kappa shape index (κ3) is 5.69. The number of hydrogen-bond donors (Lipinski definition) is 0. The Morgan fingerprint density at radius 3 is 1.40 bits per heavy atom. The first-order valence-corrected chi connectivity index (χ1v) is 19.0. The standard InChI is InChI=1S/C54H37N/c1-2-3-4-19-41-33-51(40-28-26-36-15-5-7-17-38(36)30-40)45-20-9-10-21-46(45)52(41)43-32-44(35-55-34-43)54-49-24-13-11-22-47(49)53(48-23-12-14-25-50(48)54)42-29-27-37-16-6-8-18-39(37)31-42/h2-35H,1H3/b3-2-,19-4-. The maximum atomic E-state index is 4.99. The van der Waals surface area contributed by atoms with Gasteiger partial charge in [0, 0.05) is 23.5 Å². The summed E-state index contributed by atoms with van der Waals surface area (Å²) in [5.41, 5.74) is 10.6. The molecule has 0 aliphatic rings. The van der Waals surface area contributed by atoms with E-state index in [9.17, 15) is 0 Å². The molecule has 0 bridgehead atoms. The van der Waals surface area contributed by atoms with Crippen LogP contribution in [0.3, 0.4) is 0 Å². The van der Waals surface area contributed by atoms with E-state index in [0.717, 1.165) is 16.7 Å². The minimum absolute atomic E-state index is 1.09. The zero-order valence-electron chi connectivity index (χ0n) is 30.6. The van der Waals surface area contributed by atoms with E-state index >= 15 is 0 Å². The van der Waals surface area contributed by atoms with Crippen LogP contribution in [-0.2, 0) is 0 Å². The van der Waals surface area contributed by atoms with E-state index in [1.807, 2.05) is 12.4 Å². The largest absolute Gasteiger partial charge is 0.263 e. The smallest absolute Gasteiger partial charge is 0.0347 e. The molecule has 1 heterocycles. The molecule has 0 spiro atoms. The number of nitrogens with zero attached hydrogens (tertiary/aromatic N) is 1. The zero-order valence-corrected chi connectivity index (χ0v) is 30.6. The molecule has 10 aromatic rings. The predicted octanol–water partition coefficient (Wildman–Crippen LogP) is 15.1. The number of rotatable bonds is 6. The van der Waals surface area contributed by atoms with Crippen molar-refractivity contribution in [1.29, 1.82) is 0 Å². The second-order valence-corrected chi connectivity index (χ2v) is 14.2. The highest BCUT2D eigenvalue weighted by atomic mass is 14.6. The van der Waals surface area contributed by atoms with Crippen molar-refractivity contribution in [3.63, 3.8) is 0 Å². The highest BCUT2D eigenvalue weighted by molar-refractivity contribution is 6.22. The summed E-state index contributed by atoms with van der Waals surface area (Å²) in [4.78, 5) is 4.99. The zero-order chi connectivity index (χ0) is 36.7. The van der Waals surface area contributed by atoms with Crippen LogP contribution >= 0.6 is 0 Å². The molecule has 1 nitrogen and oxygen atoms in total. The third-order valence-electron chi connectivity index (χ3n) is 11.0. The Kier molecular flexibility index (Phi) is 8.12. The van der Waals surface area contributed by atoms with E-state index < -0.39 is 0 Å². The van der Waals surface area contributed by atoms with Gasteiger partial charge in [-0.05, 0) is 124 Å². The molecular formula is C54H37N. The molecule has 1 aromatic heterocycles. The second-order valence-electron chi connectivity index (χ2n) is 14.2. The van der Waals surface area contributed by atoms with E-state index in [1.54, 1.807) is 0 Å². The lowest BCUT2D eigenvalue weighted by molar-refractivity contribution is 1.33. The molecule has 1 heteroatoms. The van der Waals surface area contributed by atoms with E-state index in [-0.39, 0.29) is 0 Å². The Morgan fingerprint density at radius 2 is 0.818 bits per heavy atom. The molecule has 55 heavy (non-hydrogen) atoms. The Morgan fingerprint density at radius 1 is 0.364 bits per heavy atom. The SMILES string of the molecule is C/C=C\C=C/c1cc(-c2ccc3ccccc3c2)c2ccccc2c1-c1cncc(-c2c3ccccc3c(-c3ccc4ccccc4c3)c3ccccc23)c1. The van der Waals surface area contributed by atoms with Crippen molar-refractivity contribution in [3.05, 3.63) is 206 Å². The van der Waals surface area contributed by atoms with Crippen LogP contribution in [0.4, 0.5) is 0 Å². The summed E-state index contributed by atoms with van der Waals surface area (Å²) in [6, 6.07) is 62.1. The normalized spacial score (nSPS) is 11.9. The summed E-state index contributed by atoms with van der Waals surface area (Å²) in [6.07, 6.45) is 12.6. The van der Waals surface area contributed by atoms with Gasteiger partial charge >= 0.3 is 0 Å². The van der Waals surface area contributed by atoms with Gasteiger partial charge in [0.15, 0.2) is 0 Å².